The van der Waals surface area contributed by atoms with Crippen molar-refractivity contribution in [3.63, 3.8) is 0 Å². The van der Waals surface area contributed by atoms with Crippen molar-refractivity contribution >= 4 is 5.91 Å². The SMILES string of the molecule is Cc1ccc(F)cc1OCCC(NC(C)C)C(N)=O. The Bertz CT molecular complexity index is 435. The van der Waals surface area contributed by atoms with Gasteiger partial charge in [-0.2, -0.15) is 0 Å². The van der Waals surface area contributed by atoms with E-state index >= 15 is 0 Å². The van der Waals surface area contributed by atoms with Crippen molar-refractivity contribution in [2.75, 3.05) is 6.61 Å². The lowest BCUT2D eigenvalue weighted by Crippen LogP contribution is -2.45. The minimum absolute atomic E-state index is 0.161. The van der Waals surface area contributed by atoms with E-state index in [1.165, 1.54) is 12.1 Å². The van der Waals surface area contributed by atoms with Gasteiger partial charge in [-0.1, -0.05) is 19.9 Å². The first kappa shape index (κ1) is 15.4. The molecule has 3 N–H and O–H groups in total. The van der Waals surface area contributed by atoms with Crippen LogP contribution < -0.4 is 15.8 Å². The van der Waals surface area contributed by atoms with Gasteiger partial charge in [0.05, 0.1) is 12.6 Å². The molecule has 1 aromatic rings. The summed E-state index contributed by atoms with van der Waals surface area (Å²) < 4.78 is 18.6. The average molecular weight is 268 g/mol. The number of benzene rings is 1. The van der Waals surface area contributed by atoms with Crippen LogP contribution in [0, 0.1) is 12.7 Å². The average Bonchev–Trinajstić information content (AvgIpc) is 2.31. The largest absolute Gasteiger partial charge is 0.493 e. The summed E-state index contributed by atoms with van der Waals surface area (Å²) in [5.41, 5.74) is 6.16. The van der Waals surface area contributed by atoms with Crippen LogP contribution in [-0.2, 0) is 4.79 Å². The van der Waals surface area contributed by atoms with Crippen LogP contribution in [-0.4, -0.2) is 24.6 Å². The zero-order chi connectivity index (χ0) is 14.4. The Labute approximate surface area is 113 Å². The van der Waals surface area contributed by atoms with E-state index in [1.54, 1.807) is 6.07 Å². The van der Waals surface area contributed by atoms with Crippen LogP contribution in [0.2, 0.25) is 0 Å². The van der Waals surface area contributed by atoms with Gasteiger partial charge in [0.15, 0.2) is 0 Å². The molecule has 1 unspecified atom stereocenters. The van der Waals surface area contributed by atoms with E-state index in [-0.39, 0.29) is 11.9 Å². The lowest BCUT2D eigenvalue weighted by molar-refractivity contribution is -0.120. The Morgan fingerprint density at radius 3 is 2.74 bits per heavy atom. The van der Waals surface area contributed by atoms with Crippen molar-refractivity contribution in [2.45, 2.75) is 39.3 Å². The van der Waals surface area contributed by atoms with E-state index in [1.807, 2.05) is 20.8 Å². The molecule has 1 aromatic carbocycles. The number of hydrogen-bond donors (Lipinski definition) is 2. The van der Waals surface area contributed by atoms with Crippen LogP contribution in [0.5, 0.6) is 5.75 Å². The third-order valence-corrected chi connectivity index (χ3v) is 2.69. The zero-order valence-electron chi connectivity index (χ0n) is 11.6. The van der Waals surface area contributed by atoms with E-state index in [0.717, 1.165) is 5.56 Å². The number of amides is 1. The van der Waals surface area contributed by atoms with Gasteiger partial charge in [0, 0.05) is 18.5 Å². The molecule has 5 heteroatoms. The molecule has 1 rings (SSSR count). The Balaban J connectivity index is 2.52. The third-order valence-electron chi connectivity index (χ3n) is 2.69. The highest BCUT2D eigenvalue weighted by Gasteiger charge is 2.16. The molecule has 0 heterocycles. The minimum atomic E-state index is -0.436. The second-order valence-corrected chi connectivity index (χ2v) is 4.82. The van der Waals surface area contributed by atoms with Crippen LogP contribution in [0.4, 0.5) is 4.39 Å². The number of halogens is 1. The van der Waals surface area contributed by atoms with Crippen molar-refractivity contribution in [3.8, 4) is 5.75 Å². The summed E-state index contributed by atoms with van der Waals surface area (Å²) in [5.74, 6) is -0.256. The smallest absolute Gasteiger partial charge is 0.234 e. The maximum absolute atomic E-state index is 13.1. The van der Waals surface area contributed by atoms with Gasteiger partial charge in [-0.3, -0.25) is 4.79 Å². The van der Waals surface area contributed by atoms with E-state index in [9.17, 15) is 9.18 Å². The summed E-state index contributed by atoms with van der Waals surface area (Å²) in [7, 11) is 0. The number of hydrogen-bond acceptors (Lipinski definition) is 3. The number of carbonyl (C=O) groups is 1. The first-order chi connectivity index (χ1) is 8.90. The molecule has 1 atom stereocenters. The number of ether oxygens (including phenoxy) is 1. The molecular weight excluding hydrogens is 247 g/mol. The van der Waals surface area contributed by atoms with Gasteiger partial charge in [0.25, 0.3) is 0 Å². The van der Waals surface area contributed by atoms with Crippen molar-refractivity contribution in [1.82, 2.24) is 5.32 Å². The number of nitrogens with one attached hydrogen (secondary N) is 1. The maximum Gasteiger partial charge on any atom is 0.234 e. The van der Waals surface area contributed by atoms with Crippen molar-refractivity contribution in [2.24, 2.45) is 5.73 Å². The van der Waals surface area contributed by atoms with Crippen LogP contribution in [0.15, 0.2) is 18.2 Å². The van der Waals surface area contributed by atoms with Gasteiger partial charge in [-0.25, -0.2) is 4.39 Å². The monoisotopic (exact) mass is 268 g/mol. The molecular formula is C14H21FN2O2. The maximum atomic E-state index is 13.1. The lowest BCUT2D eigenvalue weighted by atomic mass is 10.2. The zero-order valence-corrected chi connectivity index (χ0v) is 11.6. The molecule has 0 bridgehead atoms. The molecule has 0 fully saturated rings. The van der Waals surface area contributed by atoms with E-state index in [2.05, 4.69) is 5.32 Å². The van der Waals surface area contributed by atoms with Crippen LogP contribution in [0.25, 0.3) is 0 Å². The van der Waals surface area contributed by atoms with Gasteiger partial charge in [-0.15, -0.1) is 0 Å². The summed E-state index contributed by atoms with van der Waals surface area (Å²) >= 11 is 0. The van der Waals surface area contributed by atoms with Gasteiger partial charge in [-0.05, 0) is 18.6 Å². The second-order valence-electron chi connectivity index (χ2n) is 4.82. The Hall–Kier alpha value is -1.62. The molecule has 4 nitrogen and oxygen atoms in total. The van der Waals surface area contributed by atoms with Crippen molar-refractivity contribution in [3.05, 3.63) is 29.6 Å². The summed E-state index contributed by atoms with van der Waals surface area (Å²) in [6.07, 6.45) is 0.448. The second kappa shape index (κ2) is 7.09. The number of carbonyl (C=O) groups excluding carboxylic acids is 1. The molecule has 0 saturated carbocycles. The molecule has 0 spiro atoms. The first-order valence-corrected chi connectivity index (χ1v) is 6.34. The number of aryl methyl sites for hydroxylation is 1. The highest BCUT2D eigenvalue weighted by atomic mass is 19.1. The minimum Gasteiger partial charge on any atom is -0.493 e. The molecule has 0 saturated heterocycles. The number of nitrogens with two attached hydrogens (primary N) is 1. The normalized spacial score (nSPS) is 12.5. The Morgan fingerprint density at radius 2 is 2.16 bits per heavy atom. The van der Waals surface area contributed by atoms with Crippen molar-refractivity contribution in [1.29, 1.82) is 0 Å². The van der Waals surface area contributed by atoms with Gasteiger partial charge in [0.2, 0.25) is 5.91 Å². The lowest BCUT2D eigenvalue weighted by Gasteiger charge is -2.18. The molecule has 19 heavy (non-hydrogen) atoms. The van der Waals surface area contributed by atoms with E-state index in [0.29, 0.717) is 18.8 Å². The quantitative estimate of drug-likeness (QED) is 0.792. The molecule has 1 amide bonds. The van der Waals surface area contributed by atoms with Crippen LogP contribution >= 0.6 is 0 Å². The fraction of sp³-hybridized carbons (Fsp3) is 0.500. The van der Waals surface area contributed by atoms with Gasteiger partial charge in [0.1, 0.15) is 11.6 Å². The van der Waals surface area contributed by atoms with Crippen molar-refractivity contribution < 1.29 is 13.9 Å². The van der Waals surface area contributed by atoms with Crippen LogP contribution in [0.3, 0.4) is 0 Å². The molecule has 106 valence electrons. The topological polar surface area (TPSA) is 64.3 Å². The summed E-state index contributed by atoms with van der Waals surface area (Å²) in [6.45, 7) is 6.02. The van der Waals surface area contributed by atoms with Gasteiger partial charge >= 0.3 is 0 Å². The molecule has 0 radical (unpaired) electrons. The fourth-order valence-electron chi connectivity index (χ4n) is 1.73. The first-order valence-electron chi connectivity index (χ1n) is 6.34. The number of rotatable bonds is 7. The van der Waals surface area contributed by atoms with E-state index in [4.69, 9.17) is 10.5 Å². The fourth-order valence-corrected chi connectivity index (χ4v) is 1.73. The predicted molar refractivity (Wildman–Crippen MR) is 72.5 cm³/mol. The molecule has 0 aliphatic carbocycles. The highest BCUT2D eigenvalue weighted by molar-refractivity contribution is 5.79. The highest BCUT2D eigenvalue weighted by Crippen LogP contribution is 2.18. The predicted octanol–water partition coefficient (Wildman–Crippen LogP) is 1.75. The summed E-state index contributed by atoms with van der Waals surface area (Å²) in [5, 5.41) is 3.06. The van der Waals surface area contributed by atoms with Crippen LogP contribution in [0.1, 0.15) is 25.8 Å². The molecule has 0 aromatic heterocycles. The summed E-state index contributed by atoms with van der Waals surface area (Å²) in [6, 6.07) is 4.10. The number of primary amides is 1. The summed E-state index contributed by atoms with van der Waals surface area (Å²) in [4.78, 5) is 11.2. The molecule has 0 aliphatic rings. The van der Waals surface area contributed by atoms with Gasteiger partial charge < -0.3 is 15.8 Å². The van der Waals surface area contributed by atoms with E-state index < -0.39 is 11.9 Å². The third kappa shape index (κ3) is 5.26. The Morgan fingerprint density at radius 1 is 1.47 bits per heavy atom. The Kier molecular flexibility index (Phi) is 5.76. The standard InChI is InChI=1S/C14H21FN2O2/c1-9(2)17-12(14(16)18)6-7-19-13-8-11(15)5-4-10(13)3/h4-5,8-9,12,17H,6-7H2,1-3H3,(H2,16,18). The molecule has 0 aliphatic heterocycles.